The summed E-state index contributed by atoms with van der Waals surface area (Å²) in [5.74, 6) is -1.62. The normalized spacial score (nSPS) is 13.1. The SMILES string of the molecule is COCCNCC(=O)NCC(CC(C)(C)C)C(=O)O. The van der Waals surface area contributed by atoms with Crippen molar-refractivity contribution in [1.29, 1.82) is 0 Å². The number of rotatable bonds is 9. The van der Waals surface area contributed by atoms with Crippen molar-refractivity contribution in [1.82, 2.24) is 10.6 Å². The molecule has 1 amide bonds. The second kappa shape index (κ2) is 8.87. The van der Waals surface area contributed by atoms with Crippen molar-refractivity contribution in [2.45, 2.75) is 27.2 Å². The number of hydrogen-bond donors (Lipinski definition) is 3. The molecule has 1 unspecified atom stereocenters. The van der Waals surface area contributed by atoms with Crippen LogP contribution in [-0.4, -0.2) is 50.3 Å². The van der Waals surface area contributed by atoms with Gasteiger partial charge in [-0.05, 0) is 11.8 Å². The summed E-state index contributed by atoms with van der Waals surface area (Å²) < 4.78 is 4.84. The maximum absolute atomic E-state index is 11.5. The van der Waals surface area contributed by atoms with E-state index in [1.165, 1.54) is 0 Å². The van der Waals surface area contributed by atoms with Crippen molar-refractivity contribution in [3.8, 4) is 0 Å². The van der Waals surface area contributed by atoms with E-state index in [4.69, 9.17) is 9.84 Å². The average Bonchev–Trinajstić information content (AvgIpc) is 2.28. The van der Waals surface area contributed by atoms with E-state index in [-0.39, 0.29) is 24.4 Å². The lowest BCUT2D eigenvalue weighted by Gasteiger charge is -2.23. The first-order valence-electron chi connectivity index (χ1n) is 6.45. The highest BCUT2D eigenvalue weighted by Gasteiger charge is 2.24. The van der Waals surface area contributed by atoms with Gasteiger partial charge in [0.25, 0.3) is 0 Å². The molecule has 0 aromatic carbocycles. The molecule has 3 N–H and O–H groups in total. The maximum Gasteiger partial charge on any atom is 0.308 e. The van der Waals surface area contributed by atoms with Gasteiger partial charge in [0.2, 0.25) is 5.91 Å². The number of nitrogens with one attached hydrogen (secondary N) is 2. The van der Waals surface area contributed by atoms with Crippen LogP contribution in [0.4, 0.5) is 0 Å². The molecule has 0 radical (unpaired) electrons. The fourth-order valence-corrected chi connectivity index (χ4v) is 1.66. The molecule has 0 aliphatic rings. The minimum absolute atomic E-state index is 0.0789. The predicted octanol–water partition coefficient (Wildman–Crippen LogP) is 0.476. The number of ether oxygens (including phenoxy) is 1. The highest BCUT2D eigenvalue weighted by molar-refractivity contribution is 5.79. The highest BCUT2D eigenvalue weighted by Crippen LogP contribution is 2.24. The third-order valence-corrected chi connectivity index (χ3v) is 2.52. The second-order valence-corrected chi connectivity index (χ2v) is 5.77. The van der Waals surface area contributed by atoms with Crippen molar-refractivity contribution in [2.75, 3.05) is 33.4 Å². The van der Waals surface area contributed by atoms with Gasteiger partial charge in [0, 0.05) is 20.2 Å². The molecule has 0 rings (SSSR count). The standard InChI is InChI=1S/C13H26N2O4/c1-13(2,3)7-10(12(17)18)8-15-11(16)9-14-5-6-19-4/h10,14H,5-9H2,1-4H3,(H,15,16)(H,17,18). The fraction of sp³-hybridized carbons (Fsp3) is 0.846. The third kappa shape index (κ3) is 10.5. The number of carbonyl (C=O) groups is 2. The summed E-state index contributed by atoms with van der Waals surface area (Å²) in [5, 5.41) is 14.7. The van der Waals surface area contributed by atoms with E-state index >= 15 is 0 Å². The van der Waals surface area contributed by atoms with Crippen LogP contribution in [0.15, 0.2) is 0 Å². The molecule has 0 aromatic heterocycles. The molecule has 112 valence electrons. The average molecular weight is 274 g/mol. The van der Waals surface area contributed by atoms with Crippen molar-refractivity contribution in [3.05, 3.63) is 0 Å². The van der Waals surface area contributed by atoms with Gasteiger partial charge in [-0.25, -0.2) is 0 Å². The molecule has 6 nitrogen and oxygen atoms in total. The van der Waals surface area contributed by atoms with E-state index in [0.29, 0.717) is 19.6 Å². The number of amides is 1. The number of hydrogen-bond acceptors (Lipinski definition) is 4. The summed E-state index contributed by atoms with van der Waals surface area (Å²) in [7, 11) is 1.59. The molecule has 0 heterocycles. The zero-order valence-corrected chi connectivity index (χ0v) is 12.3. The molecule has 6 heteroatoms. The summed E-state index contributed by atoms with van der Waals surface area (Å²) in [6.45, 7) is 7.41. The molecule has 0 bridgehead atoms. The minimum Gasteiger partial charge on any atom is -0.481 e. The molecule has 0 aliphatic carbocycles. The van der Waals surface area contributed by atoms with E-state index in [2.05, 4.69) is 10.6 Å². The summed E-state index contributed by atoms with van der Waals surface area (Å²) in [6, 6.07) is 0. The Bertz CT molecular complexity index is 287. The Balaban J connectivity index is 3.98. The summed E-state index contributed by atoms with van der Waals surface area (Å²) in [5.41, 5.74) is -0.0789. The molecule has 0 saturated carbocycles. The largest absolute Gasteiger partial charge is 0.481 e. The number of carbonyl (C=O) groups excluding carboxylic acids is 1. The Kier molecular flexibility index (Phi) is 8.34. The Morgan fingerprint density at radius 2 is 1.95 bits per heavy atom. The van der Waals surface area contributed by atoms with E-state index in [0.717, 1.165) is 0 Å². The Hall–Kier alpha value is -1.14. The molecule has 0 aliphatic heterocycles. The van der Waals surface area contributed by atoms with Gasteiger partial charge in [-0.2, -0.15) is 0 Å². The maximum atomic E-state index is 11.5. The van der Waals surface area contributed by atoms with E-state index in [9.17, 15) is 9.59 Å². The number of carboxylic acid groups (broad SMARTS) is 1. The smallest absolute Gasteiger partial charge is 0.308 e. The summed E-state index contributed by atoms with van der Waals surface area (Å²) >= 11 is 0. The predicted molar refractivity (Wildman–Crippen MR) is 73.0 cm³/mol. The van der Waals surface area contributed by atoms with Gasteiger partial charge < -0.3 is 20.5 Å². The monoisotopic (exact) mass is 274 g/mol. The van der Waals surface area contributed by atoms with Gasteiger partial charge in [-0.15, -0.1) is 0 Å². The zero-order valence-electron chi connectivity index (χ0n) is 12.3. The first kappa shape index (κ1) is 17.9. The Labute approximate surface area is 114 Å². The van der Waals surface area contributed by atoms with Gasteiger partial charge in [0.05, 0.1) is 19.1 Å². The van der Waals surface area contributed by atoms with Crippen LogP contribution in [0, 0.1) is 11.3 Å². The molecular weight excluding hydrogens is 248 g/mol. The van der Waals surface area contributed by atoms with Crippen molar-refractivity contribution in [2.24, 2.45) is 11.3 Å². The van der Waals surface area contributed by atoms with Crippen molar-refractivity contribution < 1.29 is 19.4 Å². The van der Waals surface area contributed by atoms with Crippen LogP contribution in [0.5, 0.6) is 0 Å². The zero-order chi connectivity index (χ0) is 14.9. The molecule has 0 spiro atoms. The molecule has 0 fully saturated rings. The number of carboxylic acids is 1. The van der Waals surface area contributed by atoms with Crippen LogP contribution in [0.25, 0.3) is 0 Å². The third-order valence-electron chi connectivity index (χ3n) is 2.52. The van der Waals surface area contributed by atoms with E-state index in [1.54, 1.807) is 7.11 Å². The van der Waals surface area contributed by atoms with Gasteiger partial charge in [0.15, 0.2) is 0 Å². The van der Waals surface area contributed by atoms with Crippen molar-refractivity contribution >= 4 is 11.9 Å². The first-order valence-corrected chi connectivity index (χ1v) is 6.45. The van der Waals surface area contributed by atoms with Crippen LogP contribution in [-0.2, 0) is 14.3 Å². The summed E-state index contributed by atoms with van der Waals surface area (Å²) in [6.07, 6.45) is 0.527. The summed E-state index contributed by atoms with van der Waals surface area (Å²) in [4.78, 5) is 22.6. The Morgan fingerprint density at radius 3 is 2.42 bits per heavy atom. The molecule has 19 heavy (non-hydrogen) atoms. The second-order valence-electron chi connectivity index (χ2n) is 5.77. The number of aliphatic carboxylic acids is 1. The van der Waals surface area contributed by atoms with E-state index in [1.807, 2.05) is 20.8 Å². The van der Waals surface area contributed by atoms with Crippen LogP contribution < -0.4 is 10.6 Å². The first-order chi connectivity index (χ1) is 8.76. The van der Waals surface area contributed by atoms with Gasteiger partial charge >= 0.3 is 5.97 Å². The topological polar surface area (TPSA) is 87.7 Å². The van der Waals surface area contributed by atoms with Gasteiger partial charge in [-0.3, -0.25) is 9.59 Å². The Morgan fingerprint density at radius 1 is 1.32 bits per heavy atom. The molecular formula is C13H26N2O4. The minimum atomic E-state index is -0.873. The highest BCUT2D eigenvalue weighted by atomic mass is 16.5. The van der Waals surface area contributed by atoms with Crippen molar-refractivity contribution in [3.63, 3.8) is 0 Å². The van der Waals surface area contributed by atoms with Crippen LogP contribution >= 0.6 is 0 Å². The lowest BCUT2D eigenvalue weighted by molar-refractivity contribution is -0.142. The quantitative estimate of drug-likeness (QED) is 0.532. The van der Waals surface area contributed by atoms with Crippen LogP contribution in [0.3, 0.4) is 0 Å². The molecule has 0 aromatic rings. The lowest BCUT2D eigenvalue weighted by atomic mass is 9.84. The fourth-order valence-electron chi connectivity index (χ4n) is 1.66. The number of methoxy groups -OCH3 is 1. The van der Waals surface area contributed by atoms with E-state index < -0.39 is 11.9 Å². The molecule has 0 saturated heterocycles. The molecule has 1 atom stereocenters. The van der Waals surface area contributed by atoms with Crippen LogP contribution in [0.2, 0.25) is 0 Å². The van der Waals surface area contributed by atoms with Gasteiger partial charge in [-0.1, -0.05) is 20.8 Å². The van der Waals surface area contributed by atoms with Crippen LogP contribution in [0.1, 0.15) is 27.2 Å². The lowest BCUT2D eigenvalue weighted by Crippen LogP contribution is -2.40. The van der Waals surface area contributed by atoms with Gasteiger partial charge in [0.1, 0.15) is 0 Å².